The van der Waals surface area contributed by atoms with E-state index in [1.54, 1.807) is 4.90 Å². The van der Waals surface area contributed by atoms with Gasteiger partial charge in [0.1, 0.15) is 5.82 Å². The third-order valence-corrected chi connectivity index (χ3v) is 4.26. The van der Waals surface area contributed by atoms with Crippen LogP contribution in [0.2, 0.25) is 5.02 Å². The second-order valence-electron chi connectivity index (χ2n) is 5.18. The molecule has 2 amide bonds. The quantitative estimate of drug-likeness (QED) is 0.859. The fourth-order valence-electron chi connectivity index (χ4n) is 3.02. The summed E-state index contributed by atoms with van der Waals surface area (Å²) < 4.78 is 13.8. The molecule has 1 aromatic carbocycles. The summed E-state index contributed by atoms with van der Waals surface area (Å²) >= 11 is 5.83. The Hall–Kier alpha value is -1.62. The van der Waals surface area contributed by atoms with Crippen LogP contribution < -0.4 is 5.32 Å². The molecule has 2 atom stereocenters. The molecular weight excluding hydrogens is 283 g/mol. The second kappa shape index (κ2) is 5.05. The standard InChI is InChI=1S/C14H14ClFN2O2/c15-8-3-4-11(16)10(6-8)14(20)18-5-1-2-9-12(18)7-17-13(9)19/h3-4,6,9,12H,1-2,5,7H2,(H,17,19). The highest BCUT2D eigenvalue weighted by Crippen LogP contribution is 2.29. The lowest BCUT2D eigenvalue weighted by Crippen LogP contribution is -2.48. The monoisotopic (exact) mass is 296 g/mol. The molecule has 0 saturated carbocycles. The molecule has 1 N–H and O–H groups in total. The maximum Gasteiger partial charge on any atom is 0.257 e. The normalized spacial score (nSPS) is 25.3. The molecule has 2 aliphatic rings. The van der Waals surface area contributed by atoms with Gasteiger partial charge in [0, 0.05) is 18.1 Å². The zero-order chi connectivity index (χ0) is 14.3. The number of piperidine rings is 1. The van der Waals surface area contributed by atoms with E-state index in [1.165, 1.54) is 18.2 Å². The lowest BCUT2D eigenvalue weighted by Gasteiger charge is -2.36. The summed E-state index contributed by atoms with van der Waals surface area (Å²) in [4.78, 5) is 25.8. The van der Waals surface area contributed by atoms with Gasteiger partial charge in [-0.15, -0.1) is 0 Å². The Morgan fingerprint density at radius 3 is 3.05 bits per heavy atom. The van der Waals surface area contributed by atoms with Crippen LogP contribution in [0.5, 0.6) is 0 Å². The van der Waals surface area contributed by atoms with Gasteiger partial charge in [-0.3, -0.25) is 9.59 Å². The van der Waals surface area contributed by atoms with Gasteiger partial charge in [0.2, 0.25) is 5.91 Å². The average molecular weight is 297 g/mol. The predicted molar refractivity (Wildman–Crippen MR) is 72.0 cm³/mol. The number of likely N-dealkylation sites (tertiary alicyclic amines) is 1. The highest BCUT2D eigenvalue weighted by molar-refractivity contribution is 6.31. The Labute approximate surface area is 120 Å². The highest BCUT2D eigenvalue weighted by atomic mass is 35.5. The number of halogens is 2. The summed E-state index contributed by atoms with van der Waals surface area (Å²) in [5.41, 5.74) is -0.0301. The molecule has 6 heteroatoms. The van der Waals surface area contributed by atoms with E-state index in [1.807, 2.05) is 0 Å². The van der Waals surface area contributed by atoms with Crippen LogP contribution in [0, 0.1) is 11.7 Å². The van der Waals surface area contributed by atoms with E-state index >= 15 is 0 Å². The molecule has 2 fully saturated rings. The molecule has 20 heavy (non-hydrogen) atoms. The topological polar surface area (TPSA) is 49.4 Å². The molecule has 0 aliphatic carbocycles. The molecular formula is C14H14ClFN2O2. The first kappa shape index (κ1) is 13.4. The minimum Gasteiger partial charge on any atom is -0.354 e. The van der Waals surface area contributed by atoms with Gasteiger partial charge in [0.05, 0.1) is 17.5 Å². The van der Waals surface area contributed by atoms with Crippen LogP contribution in [0.15, 0.2) is 18.2 Å². The summed E-state index contributed by atoms with van der Waals surface area (Å²) in [6.45, 7) is 0.984. The Kier molecular flexibility index (Phi) is 3.38. The molecule has 106 valence electrons. The molecule has 0 spiro atoms. The highest BCUT2D eigenvalue weighted by Gasteiger charge is 2.43. The van der Waals surface area contributed by atoms with Crippen molar-refractivity contribution in [3.05, 3.63) is 34.6 Å². The summed E-state index contributed by atoms with van der Waals surface area (Å²) in [6, 6.07) is 3.76. The average Bonchev–Trinajstić information content (AvgIpc) is 2.83. The molecule has 0 radical (unpaired) electrons. The number of carbonyl (C=O) groups is 2. The van der Waals surface area contributed by atoms with Crippen molar-refractivity contribution in [2.75, 3.05) is 13.1 Å². The molecule has 2 heterocycles. The number of nitrogens with one attached hydrogen (secondary N) is 1. The molecule has 2 unspecified atom stereocenters. The third-order valence-electron chi connectivity index (χ3n) is 4.02. The number of hydrogen-bond donors (Lipinski definition) is 1. The summed E-state index contributed by atoms with van der Waals surface area (Å²) in [5, 5.41) is 3.09. The fraction of sp³-hybridized carbons (Fsp3) is 0.429. The van der Waals surface area contributed by atoms with Crippen LogP contribution in [0.3, 0.4) is 0 Å². The Bertz CT molecular complexity index is 578. The minimum absolute atomic E-state index is 0.0148. The van der Waals surface area contributed by atoms with Crippen molar-refractivity contribution in [2.24, 2.45) is 5.92 Å². The SMILES string of the molecule is O=C1NCC2C1CCCN2C(=O)c1cc(Cl)ccc1F. The van der Waals surface area contributed by atoms with Gasteiger partial charge in [0.25, 0.3) is 5.91 Å². The molecule has 1 aromatic rings. The molecule has 2 aliphatic heterocycles. The van der Waals surface area contributed by atoms with E-state index in [-0.39, 0.29) is 23.4 Å². The van der Waals surface area contributed by atoms with Gasteiger partial charge in [-0.2, -0.15) is 0 Å². The third kappa shape index (κ3) is 2.16. The molecule has 4 nitrogen and oxygen atoms in total. The van der Waals surface area contributed by atoms with Crippen LogP contribution in [-0.2, 0) is 4.79 Å². The molecule has 0 bridgehead atoms. The van der Waals surface area contributed by atoms with Gasteiger partial charge in [-0.1, -0.05) is 11.6 Å². The molecule has 2 saturated heterocycles. The smallest absolute Gasteiger partial charge is 0.257 e. The van der Waals surface area contributed by atoms with Crippen molar-refractivity contribution < 1.29 is 14.0 Å². The zero-order valence-electron chi connectivity index (χ0n) is 10.7. The first-order valence-corrected chi connectivity index (χ1v) is 6.99. The molecule has 0 aromatic heterocycles. The number of hydrogen-bond acceptors (Lipinski definition) is 2. The Morgan fingerprint density at radius 1 is 1.45 bits per heavy atom. The fourth-order valence-corrected chi connectivity index (χ4v) is 3.19. The molecule has 3 rings (SSSR count). The summed E-state index contributed by atoms with van der Waals surface area (Å²) in [5.74, 6) is -1.16. The van der Waals surface area contributed by atoms with Gasteiger partial charge in [0.15, 0.2) is 0 Å². The van der Waals surface area contributed by atoms with Crippen LogP contribution in [0.25, 0.3) is 0 Å². The van der Waals surface area contributed by atoms with Crippen molar-refractivity contribution in [1.29, 1.82) is 0 Å². The maximum atomic E-state index is 13.8. The number of rotatable bonds is 1. The van der Waals surface area contributed by atoms with E-state index in [0.29, 0.717) is 18.1 Å². The lowest BCUT2D eigenvalue weighted by atomic mass is 9.91. The van der Waals surface area contributed by atoms with Gasteiger partial charge in [-0.05, 0) is 31.0 Å². The van der Waals surface area contributed by atoms with Gasteiger partial charge < -0.3 is 10.2 Å². The van der Waals surface area contributed by atoms with E-state index in [2.05, 4.69) is 5.32 Å². The van der Waals surface area contributed by atoms with Gasteiger partial charge >= 0.3 is 0 Å². The van der Waals surface area contributed by atoms with Crippen molar-refractivity contribution in [3.63, 3.8) is 0 Å². The number of amides is 2. The Morgan fingerprint density at radius 2 is 2.25 bits per heavy atom. The lowest BCUT2D eigenvalue weighted by molar-refractivity contribution is -0.123. The first-order valence-electron chi connectivity index (χ1n) is 6.61. The summed E-state index contributed by atoms with van der Waals surface area (Å²) in [7, 11) is 0. The second-order valence-corrected chi connectivity index (χ2v) is 5.62. The minimum atomic E-state index is -0.584. The number of nitrogens with zero attached hydrogens (tertiary/aromatic N) is 1. The van der Waals surface area contributed by atoms with Crippen molar-refractivity contribution >= 4 is 23.4 Å². The van der Waals surface area contributed by atoms with E-state index in [4.69, 9.17) is 11.6 Å². The van der Waals surface area contributed by atoms with Crippen LogP contribution >= 0.6 is 11.6 Å². The first-order chi connectivity index (χ1) is 9.58. The van der Waals surface area contributed by atoms with Crippen molar-refractivity contribution in [1.82, 2.24) is 10.2 Å². The van der Waals surface area contributed by atoms with Crippen LogP contribution in [0.4, 0.5) is 4.39 Å². The summed E-state index contributed by atoms with van der Waals surface area (Å²) in [6.07, 6.45) is 1.53. The number of carbonyl (C=O) groups excluding carboxylic acids is 2. The van der Waals surface area contributed by atoms with Crippen LogP contribution in [0.1, 0.15) is 23.2 Å². The zero-order valence-corrected chi connectivity index (χ0v) is 11.5. The Balaban J connectivity index is 1.90. The van der Waals surface area contributed by atoms with E-state index < -0.39 is 11.7 Å². The maximum absolute atomic E-state index is 13.8. The predicted octanol–water partition coefficient (Wildman–Crippen LogP) is 1.83. The van der Waals surface area contributed by atoms with E-state index in [9.17, 15) is 14.0 Å². The number of benzene rings is 1. The largest absolute Gasteiger partial charge is 0.354 e. The van der Waals surface area contributed by atoms with Crippen molar-refractivity contribution in [2.45, 2.75) is 18.9 Å². The van der Waals surface area contributed by atoms with Crippen molar-refractivity contribution in [3.8, 4) is 0 Å². The number of fused-ring (bicyclic) bond motifs is 1. The van der Waals surface area contributed by atoms with E-state index in [0.717, 1.165) is 12.8 Å². The van der Waals surface area contributed by atoms with Crippen LogP contribution in [-0.4, -0.2) is 35.8 Å². The van der Waals surface area contributed by atoms with Gasteiger partial charge in [-0.25, -0.2) is 4.39 Å².